The van der Waals surface area contributed by atoms with Crippen molar-refractivity contribution in [2.45, 2.75) is 72.4 Å². The predicted molar refractivity (Wildman–Crippen MR) is 88.3 cm³/mol. The zero-order valence-corrected chi connectivity index (χ0v) is 15.8. The van der Waals surface area contributed by atoms with Crippen molar-refractivity contribution in [2.24, 2.45) is 29.6 Å². The molecule has 6 nitrogen and oxygen atoms in total. The SMILES string of the molecule is CO[C@@H]1OC(C)[C@H](O[C@@H]2O[C@@H](C(=O)O)[C@H](C)[C@H](C)C2C)[C@H](C)C1C. The van der Waals surface area contributed by atoms with Crippen LogP contribution in [0.3, 0.4) is 0 Å². The smallest absolute Gasteiger partial charge is 0.333 e. The zero-order chi connectivity index (χ0) is 18.2. The maximum absolute atomic E-state index is 11.5. The molecule has 0 aromatic carbocycles. The lowest BCUT2D eigenvalue weighted by Crippen LogP contribution is -2.55. The summed E-state index contributed by atoms with van der Waals surface area (Å²) in [5.74, 6) is -0.265. The van der Waals surface area contributed by atoms with Crippen molar-refractivity contribution in [2.75, 3.05) is 7.11 Å². The Kier molecular flexibility index (Phi) is 6.29. The number of rotatable bonds is 4. The topological polar surface area (TPSA) is 74.2 Å². The van der Waals surface area contributed by atoms with Crippen LogP contribution in [-0.4, -0.2) is 49.1 Å². The normalized spacial score (nSPS) is 49.8. The Morgan fingerprint density at radius 2 is 1.42 bits per heavy atom. The standard InChI is InChI=1S/C18H32O6/c1-8-9(2)15(16(19)20)24-18(11(8)4)23-14-10(3)12(5)17(21-7)22-13(14)6/h8-15,17-18H,1-7H3,(H,19,20)/t8-,9+,10+,11?,12?,13?,14+,15+,17+,18+/m0/s1. The molecule has 6 heteroatoms. The first kappa shape index (κ1) is 19.6. The Morgan fingerprint density at radius 1 is 0.833 bits per heavy atom. The minimum atomic E-state index is -0.927. The molecule has 2 fully saturated rings. The third kappa shape index (κ3) is 3.62. The number of carboxylic acids is 1. The number of ether oxygens (including phenoxy) is 4. The molecule has 0 aromatic rings. The molecule has 2 aliphatic heterocycles. The maximum atomic E-state index is 11.5. The molecule has 0 saturated carbocycles. The maximum Gasteiger partial charge on any atom is 0.333 e. The number of carbonyl (C=O) groups is 1. The quantitative estimate of drug-likeness (QED) is 0.845. The Bertz CT molecular complexity index is 441. The average Bonchev–Trinajstić information content (AvgIpc) is 2.54. The van der Waals surface area contributed by atoms with Gasteiger partial charge in [-0.05, 0) is 24.7 Å². The van der Waals surface area contributed by atoms with Crippen LogP contribution in [0, 0.1) is 29.6 Å². The number of hydrogen-bond acceptors (Lipinski definition) is 5. The summed E-state index contributed by atoms with van der Waals surface area (Å²) in [6.45, 7) is 12.2. The van der Waals surface area contributed by atoms with Gasteiger partial charge in [0.05, 0.1) is 12.2 Å². The van der Waals surface area contributed by atoms with E-state index >= 15 is 0 Å². The molecule has 2 heterocycles. The first-order valence-electron chi connectivity index (χ1n) is 8.91. The predicted octanol–water partition coefficient (Wildman–Crippen LogP) is 2.75. The van der Waals surface area contributed by atoms with Gasteiger partial charge in [-0.1, -0.05) is 34.6 Å². The van der Waals surface area contributed by atoms with Gasteiger partial charge in [-0.2, -0.15) is 0 Å². The van der Waals surface area contributed by atoms with Crippen LogP contribution >= 0.6 is 0 Å². The molecule has 24 heavy (non-hydrogen) atoms. The largest absolute Gasteiger partial charge is 0.479 e. The third-order valence-electron chi connectivity index (χ3n) is 6.20. The molecule has 0 radical (unpaired) electrons. The molecule has 0 aromatic heterocycles. The van der Waals surface area contributed by atoms with Crippen LogP contribution in [0.25, 0.3) is 0 Å². The Balaban J connectivity index is 2.12. The molecule has 1 N–H and O–H groups in total. The first-order chi connectivity index (χ1) is 11.2. The second-order valence-corrected chi connectivity index (χ2v) is 7.60. The van der Waals surface area contributed by atoms with E-state index in [1.54, 1.807) is 7.11 Å². The van der Waals surface area contributed by atoms with E-state index in [9.17, 15) is 9.90 Å². The summed E-state index contributed by atoms with van der Waals surface area (Å²) in [6, 6.07) is 0. The minimum Gasteiger partial charge on any atom is -0.479 e. The highest BCUT2D eigenvalue weighted by molar-refractivity contribution is 5.72. The number of hydrogen-bond donors (Lipinski definition) is 1. The highest BCUT2D eigenvalue weighted by Crippen LogP contribution is 2.39. The van der Waals surface area contributed by atoms with Crippen molar-refractivity contribution in [1.82, 2.24) is 0 Å². The molecular formula is C18H32O6. The molecule has 0 spiro atoms. The lowest BCUT2D eigenvalue weighted by molar-refractivity contribution is -0.316. The van der Waals surface area contributed by atoms with E-state index in [1.165, 1.54) is 0 Å². The Morgan fingerprint density at radius 3 is 1.96 bits per heavy atom. The van der Waals surface area contributed by atoms with Crippen LogP contribution in [-0.2, 0) is 23.7 Å². The summed E-state index contributed by atoms with van der Waals surface area (Å²) in [5, 5.41) is 9.43. The van der Waals surface area contributed by atoms with Crippen LogP contribution in [0.5, 0.6) is 0 Å². The average molecular weight is 344 g/mol. The van der Waals surface area contributed by atoms with Crippen LogP contribution in [0.1, 0.15) is 41.5 Å². The van der Waals surface area contributed by atoms with Gasteiger partial charge in [-0.15, -0.1) is 0 Å². The fourth-order valence-electron chi connectivity index (χ4n) is 3.88. The fraction of sp³-hybridized carbons (Fsp3) is 0.944. The molecule has 2 rings (SSSR count). The second-order valence-electron chi connectivity index (χ2n) is 7.60. The van der Waals surface area contributed by atoms with Crippen LogP contribution < -0.4 is 0 Å². The fourth-order valence-corrected chi connectivity index (χ4v) is 3.88. The van der Waals surface area contributed by atoms with E-state index in [4.69, 9.17) is 18.9 Å². The van der Waals surface area contributed by atoms with Crippen LogP contribution in [0.2, 0.25) is 0 Å². The summed E-state index contributed by atoms with van der Waals surface area (Å²) in [4.78, 5) is 11.5. The monoisotopic (exact) mass is 344 g/mol. The van der Waals surface area contributed by atoms with Gasteiger partial charge in [-0.3, -0.25) is 0 Å². The van der Waals surface area contributed by atoms with Crippen LogP contribution in [0.15, 0.2) is 0 Å². The lowest BCUT2D eigenvalue weighted by atomic mass is 9.78. The van der Waals surface area contributed by atoms with Crippen molar-refractivity contribution < 1.29 is 28.8 Å². The van der Waals surface area contributed by atoms with E-state index in [0.29, 0.717) is 0 Å². The first-order valence-corrected chi connectivity index (χ1v) is 8.91. The molecule has 0 amide bonds. The van der Waals surface area contributed by atoms with Gasteiger partial charge < -0.3 is 24.1 Å². The summed E-state index contributed by atoms with van der Waals surface area (Å²) in [6.07, 6.45) is -1.92. The van der Waals surface area contributed by atoms with Gasteiger partial charge in [0.2, 0.25) is 0 Å². The summed E-state index contributed by atoms with van der Waals surface area (Å²) in [7, 11) is 1.65. The molecule has 10 atom stereocenters. The zero-order valence-electron chi connectivity index (χ0n) is 15.8. The number of aliphatic carboxylic acids is 1. The van der Waals surface area contributed by atoms with Gasteiger partial charge in [-0.25, -0.2) is 4.79 Å². The van der Waals surface area contributed by atoms with E-state index in [2.05, 4.69) is 27.7 Å². The molecule has 2 aliphatic rings. The highest BCUT2D eigenvalue weighted by Gasteiger charge is 2.47. The Hall–Kier alpha value is -0.690. The second kappa shape index (κ2) is 7.68. The van der Waals surface area contributed by atoms with Crippen molar-refractivity contribution in [1.29, 1.82) is 0 Å². The van der Waals surface area contributed by atoms with E-state index in [-0.39, 0.29) is 48.1 Å². The van der Waals surface area contributed by atoms with Gasteiger partial charge in [0.15, 0.2) is 18.7 Å². The van der Waals surface area contributed by atoms with Gasteiger partial charge in [0, 0.05) is 18.9 Å². The molecule has 0 bridgehead atoms. The highest BCUT2D eigenvalue weighted by atomic mass is 16.7. The van der Waals surface area contributed by atoms with Crippen molar-refractivity contribution >= 4 is 5.97 Å². The van der Waals surface area contributed by atoms with E-state index in [0.717, 1.165) is 0 Å². The van der Waals surface area contributed by atoms with Gasteiger partial charge in [0.1, 0.15) is 0 Å². The molecule has 3 unspecified atom stereocenters. The van der Waals surface area contributed by atoms with Crippen molar-refractivity contribution in [3.05, 3.63) is 0 Å². The van der Waals surface area contributed by atoms with Gasteiger partial charge >= 0.3 is 5.97 Å². The molecule has 2 saturated heterocycles. The summed E-state index contributed by atoms with van der Waals surface area (Å²) < 4.78 is 23.4. The van der Waals surface area contributed by atoms with E-state index < -0.39 is 18.4 Å². The lowest BCUT2D eigenvalue weighted by Gasteiger charge is -2.47. The van der Waals surface area contributed by atoms with Crippen molar-refractivity contribution in [3.8, 4) is 0 Å². The summed E-state index contributed by atoms with van der Waals surface area (Å²) in [5.41, 5.74) is 0. The van der Waals surface area contributed by atoms with Gasteiger partial charge in [0.25, 0.3) is 0 Å². The Labute approximate surface area is 144 Å². The number of methoxy groups -OCH3 is 1. The molecule has 0 aliphatic carbocycles. The van der Waals surface area contributed by atoms with Crippen molar-refractivity contribution in [3.63, 3.8) is 0 Å². The van der Waals surface area contributed by atoms with E-state index in [1.807, 2.05) is 13.8 Å². The molecule has 140 valence electrons. The minimum absolute atomic E-state index is 0.0494. The molecular weight excluding hydrogens is 312 g/mol. The third-order valence-corrected chi connectivity index (χ3v) is 6.20. The summed E-state index contributed by atoms with van der Waals surface area (Å²) >= 11 is 0. The van der Waals surface area contributed by atoms with Crippen LogP contribution in [0.4, 0.5) is 0 Å². The number of carboxylic acid groups (broad SMARTS) is 1.